The van der Waals surface area contributed by atoms with Crippen LogP contribution in [0.1, 0.15) is 16.8 Å². The molecule has 0 amide bonds. The van der Waals surface area contributed by atoms with Crippen LogP contribution in [0.4, 0.5) is 0 Å². The normalized spacial score (nSPS) is 11.5. The number of aromatic nitrogens is 2. The van der Waals surface area contributed by atoms with E-state index in [4.69, 9.17) is 4.18 Å². The first kappa shape index (κ1) is 17.0. The first-order chi connectivity index (χ1) is 10.6. The highest BCUT2D eigenvalue weighted by Gasteiger charge is 2.28. The second-order valence-electron chi connectivity index (χ2n) is 5.38. The molecule has 0 saturated carbocycles. The summed E-state index contributed by atoms with van der Waals surface area (Å²) in [5, 5.41) is 0. The fraction of sp³-hybridized carbons (Fsp3) is 0.333. The molecule has 0 aliphatic rings. The summed E-state index contributed by atoms with van der Waals surface area (Å²) in [6.07, 6.45) is 0. The van der Waals surface area contributed by atoms with E-state index in [0.717, 1.165) is 9.13 Å². The molecule has 0 N–H and O–H groups in total. The third-order valence-corrected chi connectivity index (χ3v) is 5.11. The second-order valence-corrected chi connectivity index (χ2v) is 6.86. The lowest BCUT2D eigenvalue weighted by atomic mass is 10.1. The molecule has 1 aromatic carbocycles. The van der Waals surface area contributed by atoms with Gasteiger partial charge < -0.3 is 4.18 Å². The number of nitrogens with zero attached hydrogens (tertiary/aromatic N) is 2. The maximum atomic E-state index is 12.6. The van der Waals surface area contributed by atoms with Crippen molar-refractivity contribution in [2.24, 2.45) is 14.1 Å². The van der Waals surface area contributed by atoms with E-state index in [-0.39, 0.29) is 11.4 Å². The van der Waals surface area contributed by atoms with E-state index in [9.17, 15) is 18.0 Å². The number of para-hydroxylation sites is 1. The summed E-state index contributed by atoms with van der Waals surface area (Å²) < 4.78 is 32.3. The fourth-order valence-electron chi connectivity index (χ4n) is 2.28. The van der Waals surface area contributed by atoms with E-state index in [1.165, 1.54) is 21.0 Å². The molecule has 0 saturated heterocycles. The highest BCUT2D eigenvalue weighted by Crippen LogP contribution is 2.26. The average molecular weight is 338 g/mol. The van der Waals surface area contributed by atoms with Crippen LogP contribution in [0.15, 0.2) is 32.7 Å². The van der Waals surface area contributed by atoms with Gasteiger partial charge in [-0.2, -0.15) is 8.42 Å². The van der Waals surface area contributed by atoms with Crippen molar-refractivity contribution >= 4 is 10.1 Å². The number of hydrogen-bond donors (Lipinski definition) is 0. The first-order valence-electron chi connectivity index (χ1n) is 6.85. The lowest BCUT2D eigenvalue weighted by molar-refractivity contribution is 0.475. The van der Waals surface area contributed by atoms with E-state index < -0.39 is 26.3 Å². The zero-order chi connectivity index (χ0) is 17.5. The van der Waals surface area contributed by atoms with Crippen LogP contribution in [0, 0.1) is 20.8 Å². The summed E-state index contributed by atoms with van der Waals surface area (Å²) in [6.45, 7) is 4.82. The van der Waals surface area contributed by atoms with Gasteiger partial charge in [0.2, 0.25) is 0 Å². The van der Waals surface area contributed by atoms with Crippen molar-refractivity contribution in [1.82, 2.24) is 9.13 Å². The molecule has 0 fully saturated rings. The number of hydrogen-bond acceptors (Lipinski definition) is 5. The number of rotatable bonds is 3. The minimum atomic E-state index is -4.37. The fourth-order valence-corrected chi connectivity index (χ4v) is 3.70. The molecule has 1 aromatic heterocycles. The molecule has 2 aromatic rings. The molecular weight excluding hydrogens is 320 g/mol. The van der Waals surface area contributed by atoms with Gasteiger partial charge in [-0.1, -0.05) is 18.2 Å². The van der Waals surface area contributed by atoms with Gasteiger partial charge >= 0.3 is 15.8 Å². The second kappa shape index (κ2) is 5.69. The molecule has 7 nitrogen and oxygen atoms in total. The summed E-state index contributed by atoms with van der Waals surface area (Å²) in [5.41, 5.74) is -0.208. The molecule has 0 radical (unpaired) electrons. The van der Waals surface area contributed by atoms with E-state index in [2.05, 4.69) is 0 Å². The molecule has 0 aliphatic carbocycles. The number of benzene rings is 1. The Kier molecular flexibility index (Phi) is 4.21. The van der Waals surface area contributed by atoms with Gasteiger partial charge in [0, 0.05) is 19.8 Å². The predicted molar refractivity (Wildman–Crippen MR) is 85.4 cm³/mol. The van der Waals surface area contributed by atoms with Crippen molar-refractivity contribution in [3.63, 3.8) is 0 Å². The van der Waals surface area contributed by atoms with Crippen molar-refractivity contribution in [2.75, 3.05) is 0 Å². The van der Waals surface area contributed by atoms with Gasteiger partial charge in [0.05, 0.1) is 0 Å². The predicted octanol–water partition coefficient (Wildman–Crippen LogP) is 0.777. The molecule has 8 heteroatoms. The van der Waals surface area contributed by atoms with Crippen LogP contribution < -0.4 is 15.4 Å². The van der Waals surface area contributed by atoms with Gasteiger partial charge in [0.15, 0.2) is 4.90 Å². The molecule has 0 unspecified atom stereocenters. The van der Waals surface area contributed by atoms with E-state index >= 15 is 0 Å². The zero-order valence-electron chi connectivity index (χ0n) is 13.6. The number of aryl methyl sites for hydroxylation is 2. The standard InChI is InChI=1S/C15H18N2O5S/c1-9-7-6-8-10(2)12(9)22-23(20,21)13-11(3)16(4)15(19)17(5)14(13)18/h6-8H,1-5H3. The van der Waals surface area contributed by atoms with Crippen molar-refractivity contribution in [1.29, 1.82) is 0 Å². The van der Waals surface area contributed by atoms with Crippen LogP contribution in [-0.4, -0.2) is 17.6 Å². The molecule has 124 valence electrons. The summed E-state index contributed by atoms with van der Waals surface area (Å²) >= 11 is 0. The van der Waals surface area contributed by atoms with Gasteiger partial charge in [-0.3, -0.25) is 13.9 Å². The molecule has 23 heavy (non-hydrogen) atoms. The van der Waals surface area contributed by atoms with Gasteiger partial charge in [-0.05, 0) is 31.9 Å². The summed E-state index contributed by atoms with van der Waals surface area (Å²) in [7, 11) is -1.75. The van der Waals surface area contributed by atoms with Crippen LogP contribution in [-0.2, 0) is 24.2 Å². The monoisotopic (exact) mass is 338 g/mol. The molecular formula is C15H18N2O5S. The Hall–Kier alpha value is -2.35. The summed E-state index contributed by atoms with van der Waals surface area (Å²) in [5.74, 6) is 0.183. The highest BCUT2D eigenvalue weighted by atomic mass is 32.2. The summed E-state index contributed by atoms with van der Waals surface area (Å²) in [4.78, 5) is 23.6. The Bertz CT molecular complexity index is 979. The van der Waals surface area contributed by atoms with Crippen LogP contribution in [0.3, 0.4) is 0 Å². The molecule has 0 bridgehead atoms. The van der Waals surface area contributed by atoms with E-state index in [1.54, 1.807) is 32.0 Å². The third-order valence-electron chi connectivity index (χ3n) is 3.76. The zero-order valence-corrected chi connectivity index (χ0v) is 14.4. The SMILES string of the molecule is Cc1cccc(C)c1OS(=O)(=O)c1c(C)n(C)c(=O)n(C)c1=O. The Morgan fingerprint density at radius 1 is 0.957 bits per heavy atom. The van der Waals surface area contributed by atoms with Crippen LogP contribution >= 0.6 is 0 Å². The summed E-state index contributed by atoms with van der Waals surface area (Å²) in [6, 6.07) is 5.20. The molecule has 0 spiro atoms. The van der Waals surface area contributed by atoms with Crippen molar-refractivity contribution in [3.8, 4) is 5.75 Å². The van der Waals surface area contributed by atoms with Gasteiger partial charge in [-0.25, -0.2) is 4.79 Å². The lowest BCUT2D eigenvalue weighted by Gasteiger charge is -2.15. The van der Waals surface area contributed by atoms with Gasteiger partial charge in [0.25, 0.3) is 5.56 Å². The maximum Gasteiger partial charge on any atom is 0.346 e. The Labute approximate surface area is 133 Å². The Morgan fingerprint density at radius 3 is 2.00 bits per heavy atom. The molecule has 0 atom stereocenters. The van der Waals surface area contributed by atoms with E-state index in [0.29, 0.717) is 11.1 Å². The van der Waals surface area contributed by atoms with Crippen LogP contribution in [0.25, 0.3) is 0 Å². The Morgan fingerprint density at radius 2 is 1.48 bits per heavy atom. The minimum Gasteiger partial charge on any atom is -0.378 e. The largest absolute Gasteiger partial charge is 0.378 e. The minimum absolute atomic E-state index is 0.0318. The van der Waals surface area contributed by atoms with Crippen molar-refractivity contribution in [3.05, 3.63) is 55.9 Å². The lowest BCUT2D eigenvalue weighted by Crippen LogP contribution is -2.41. The van der Waals surface area contributed by atoms with Gasteiger partial charge in [-0.15, -0.1) is 0 Å². The topological polar surface area (TPSA) is 87.4 Å². The van der Waals surface area contributed by atoms with Crippen LogP contribution in [0.5, 0.6) is 5.75 Å². The van der Waals surface area contributed by atoms with Crippen molar-refractivity contribution in [2.45, 2.75) is 25.7 Å². The quantitative estimate of drug-likeness (QED) is 0.772. The molecule has 1 heterocycles. The van der Waals surface area contributed by atoms with Crippen molar-refractivity contribution < 1.29 is 12.6 Å². The van der Waals surface area contributed by atoms with Gasteiger partial charge in [0.1, 0.15) is 5.75 Å². The third kappa shape index (κ3) is 2.81. The molecule has 0 aliphatic heterocycles. The average Bonchev–Trinajstić information content (AvgIpc) is 2.47. The molecule has 2 rings (SSSR count). The first-order valence-corrected chi connectivity index (χ1v) is 8.26. The van der Waals surface area contributed by atoms with Crippen LogP contribution in [0.2, 0.25) is 0 Å². The maximum absolute atomic E-state index is 12.6. The van der Waals surface area contributed by atoms with E-state index in [1.807, 2.05) is 0 Å². The smallest absolute Gasteiger partial charge is 0.346 e. The Balaban J connectivity index is 2.72. The highest BCUT2D eigenvalue weighted by molar-refractivity contribution is 7.87.